The predicted molar refractivity (Wildman–Crippen MR) is 116 cm³/mol. The maximum absolute atomic E-state index is 12.7. The van der Waals surface area contributed by atoms with E-state index in [-0.39, 0.29) is 5.91 Å². The van der Waals surface area contributed by atoms with E-state index in [1.165, 1.54) is 0 Å². The van der Waals surface area contributed by atoms with Crippen molar-refractivity contribution < 1.29 is 4.79 Å². The van der Waals surface area contributed by atoms with E-state index >= 15 is 0 Å². The van der Waals surface area contributed by atoms with Crippen LogP contribution in [-0.2, 0) is 6.54 Å². The fourth-order valence-electron chi connectivity index (χ4n) is 3.39. The van der Waals surface area contributed by atoms with E-state index in [2.05, 4.69) is 21.5 Å². The second-order valence-corrected chi connectivity index (χ2v) is 7.32. The molecule has 6 nitrogen and oxygen atoms in total. The van der Waals surface area contributed by atoms with Gasteiger partial charge in [0.25, 0.3) is 5.91 Å². The minimum absolute atomic E-state index is 0.200. The molecule has 1 amide bonds. The first-order valence-corrected chi connectivity index (χ1v) is 9.47. The molecule has 0 aliphatic carbocycles. The molecule has 0 fully saturated rings. The van der Waals surface area contributed by atoms with Crippen molar-refractivity contribution >= 4 is 28.2 Å². The quantitative estimate of drug-likeness (QED) is 0.515. The van der Waals surface area contributed by atoms with Gasteiger partial charge >= 0.3 is 0 Å². The summed E-state index contributed by atoms with van der Waals surface area (Å²) in [5, 5.41) is 8.29. The highest BCUT2D eigenvalue weighted by atomic mass is 16.1. The number of carbonyl (C=O) groups is 1. The third-order valence-corrected chi connectivity index (χ3v) is 5.01. The number of pyridine rings is 1. The number of nitrogens with zero attached hydrogens (tertiary/aromatic N) is 3. The fourth-order valence-corrected chi connectivity index (χ4v) is 3.39. The van der Waals surface area contributed by atoms with Crippen LogP contribution in [0.25, 0.3) is 10.9 Å². The number of nitrogens with one attached hydrogen (secondary N) is 1. The van der Waals surface area contributed by atoms with Crippen molar-refractivity contribution in [2.45, 2.75) is 27.3 Å². The van der Waals surface area contributed by atoms with Crippen LogP contribution in [-0.4, -0.2) is 20.7 Å². The van der Waals surface area contributed by atoms with Gasteiger partial charge < -0.3 is 11.1 Å². The van der Waals surface area contributed by atoms with Gasteiger partial charge in [-0.05, 0) is 68.3 Å². The van der Waals surface area contributed by atoms with Gasteiger partial charge in [0.15, 0.2) is 0 Å². The third kappa shape index (κ3) is 3.82. The molecule has 146 valence electrons. The number of benzene rings is 2. The third-order valence-electron chi connectivity index (χ3n) is 5.01. The number of hydrogen-bond donors (Lipinski definition) is 2. The lowest BCUT2D eigenvalue weighted by Crippen LogP contribution is -2.13. The van der Waals surface area contributed by atoms with Gasteiger partial charge in [-0.3, -0.25) is 14.5 Å². The van der Waals surface area contributed by atoms with Gasteiger partial charge in [-0.1, -0.05) is 12.1 Å². The predicted octanol–water partition coefficient (Wildman–Crippen LogP) is 4.24. The van der Waals surface area contributed by atoms with Crippen LogP contribution >= 0.6 is 0 Å². The summed E-state index contributed by atoms with van der Waals surface area (Å²) in [6.45, 7) is 6.58. The van der Waals surface area contributed by atoms with Crippen LogP contribution in [0.3, 0.4) is 0 Å². The van der Waals surface area contributed by atoms with E-state index in [0.29, 0.717) is 23.5 Å². The normalized spacial score (nSPS) is 11.0. The Morgan fingerprint density at radius 3 is 2.66 bits per heavy atom. The highest BCUT2D eigenvalue weighted by Crippen LogP contribution is 2.22. The molecule has 0 aliphatic rings. The summed E-state index contributed by atoms with van der Waals surface area (Å²) in [5.74, 6) is -0.200. The van der Waals surface area contributed by atoms with Gasteiger partial charge in [0, 0.05) is 22.3 Å². The smallest absolute Gasteiger partial charge is 0.255 e. The van der Waals surface area contributed by atoms with Gasteiger partial charge in [0.05, 0.1) is 29.6 Å². The summed E-state index contributed by atoms with van der Waals surface area (Å²) in [4.78, 5) is 17.2. The summed E-state index contributed by atoms with van der Waals surface area (Å²) >= 11 is 0. The minimum Gasteiger partial charge on any atom is -0.397 e. The van der Waals surface area contributed by atoms with Crippen LogP contribution in [0.5, 0.6) is 0 Å². The highest BCUT2D eigenvalue weighted by molar-refractivity contribution is 6.07. The number of nitrogens with two attached hydrogens (primary N) is 1. The maximum atomic E-state index is 12.7. The van der Waals surface area contributed by atoms with Crippen molar-refractivity contribution in [1.82, 2.24) is 14.8 Å². The van der Waals surface area contributed by atoms with E-state index in [4.69, 9.17) is 5.73 Å². The van der Waals surface area contributed by atoms with E-state index in [0.717, 1.165) is 33.4 Å². The molecule has 0 spiro atoms. The molecule has 29 heavy (non-hydrogen) atoms. The van der Waals surface area contributed by atoms with Crippen LogP contribution in [0.1, 0.15) is 32.9 Å². The molecule has 0 saturated heterocycles. The number of aromatic nitrogens is 3. The van der Waals surface area contributed by atoms with Crippen molar-refractivity contribution in [3.8, 4) is 0 Å². The van der Waals surface area contributed by atoms with Crippen LogP contribution in [0.4, 0.5) is 11.4 Å². The summed E-state index contributed by atoms with van der Waals surface area (Å²) in [5.41, 5.74) is 12.9. The Morgan fingerprint density at radius 2 is 1.90 bits per heavy atom. The van der Waals surface area contributed by atoms with E-state index < -0.39 is 0 Å². The molecular formula is C23H23N5O. The highest BCUT2D eigenvalue weighted by Gasteiger charge is 2.12. The van der Waals surface area contributed by atoms with Crippen LogP contribution in [0, 0.1) is 20.8 Å². The molecule has 0 unspecified atom stereocenters. The van der Waals surface area contributed by atoms with Crippen molar-refractivity contribution in [2.75, 3.05) is 11.1 Å². The molecule has 2 aromatic heterocycles. The summed E-state index contributed by atoms with van der Waals surface area (Å²) in [6.07, 6.45) is 1.78. The molecule has 2 heterocycles. The summed E-state index contributed by atoms with van der Waals surface area (Å²) in [6, 6.07) is 15.2. The van der Waals surface area contributed by atoms with E-state index in [1.54, 1.807) is 12.3 Å². The number of anilines is 2. The van der Waals surface area contributed by atoms with Gasteiger partial charge in [0.2, 0.25) is 0 Å². The first-order chi connectivity index (χ1) is 13.9. The first-order valence-electron chi connectivity index (χ1n) is 9.47. The molecule has 0 aliphatic heterocycles. The molecule has 4 aromatic rings. The monoisotopic (exact) mass is 385 g/mol. The summed E-state index contributed by atoms with van der Waals surface area (Å²) < 4.78 is 1.92. The Hall–Kier alpha value is -3.67. The van der Waals surface area contributed by atoms with Crippen LogP contribution < -0.4 is 11.1 Å². The number of nitrogen functional groups attached to an aromatic ring is 1. The average Bonchev–Trinajstić information content (AvgIpc) is 3.08. The zero-order chi connectivity index (χ0) is 20.5. The molecule has 0 atom stereocenters. The Labute approximate surface area is 169 Å². The number of rotatable bonds is 4. The van der Waals surface area contributed by atoms with E-state index in [1.807, 2.05) is 61.9 Å². The Bertz CT molecular complexity index is 1230. The fraction of sp³-hybridized carbons (Fsp3) is 0.174. The standard InChI is InChI=1S/C23H23N5O/c1-14-4-8-21(20(24)10-14)27-23(29)17-7-9-22-19(11-17)12-25-28(22)13-18-6-5-15(2)26-16(18)3/h4-12H,13,24H2,1-3H3,(H,27,29). The van der Waals surface area contributed by atoms with Gasteiger partial charge in [-0.25, -0.2) is 0 Å². The first kappa shape index (κ1) is 18.7. The van der Waals surface area contributed by atoms with Crippen LogP contribution in [0.2, 0.25) is 0 Å². The molecule has 6 heteroatoms. The van der Waals surface area contributed by atoms with E-state index in [9.17, 15) is 4.79 Å². The number of aryl methyl sites for hydroxylation is 3. The van der Waals surface area contributed by atoms with Crippen molar-refractivity contribution in [3.63, 3.8) is 0 Å². The molecule has 0 saturated carbocycles. The largest absolute Gasteiger partial charge is 0.397 e. The Balaban J connectivity index is 1.58. The SMILES string of the molecule is Cc1ccc(NC(=O)c2ccc3c(cnn3Cc3ccc(C)nc3C)c2)c(N)c1. The Morgan fingerprint density at radius 1 is 1.07 bits per heavy atom. The number of amides is 1. The van der Waals surface area contributed by atoms with Gasteiger partial charge in [-0.2, -0.15) is 5.10 Å². The molecular weight excluding hydrogens is 362 g/mol. The lowest BCUT2D eigenvalue weighted by Gasteiger charge is -2.10. The topological polar surface area (TPSA) is 85.8 Å². The average molecular weight is 385 g/mol. The second kappa shape index (κ2) is 7.39. The van der Waals surface area contributed by atoms with Gasteiger partial charge in [0.1, 0.15) is 0 Å². The zero-order valence-corrected chi connectivity index (χ0v) is 16.7. The second-order valence-electron chi connectivity index (χ2n) is 7.32. The molecule has 2 aromatic carbocycles. The van der Waals surface area contributed by atoms with Crippen molar-refractivity contribution in [1.29, 1.82) is 0 Å². The van der Waals surface area contributed by atoms with Crippen molar-refractivity contribution in [3.05, 3.63) is 82.8 Å². The van der Waals surface area contributed by atoms with Gasteiger partial charge in [-0.15, -0.1) is 0 Å². The van der Waals surface area contributed by atoms with Crippen molar-refractivity contribution in [2.24, 2.45) is 0 Å². The number of hydrogen-bond acceptors (Lipinski definition) is 4. The lowest BCUT2D eigenvalue weighted by atomic mass is 10.1. The molecule has 0 bridgehead atoms. The molecule has 3 N–H and O–H groups in total. The Kier molecular flexibility index (Phi) is 4.76. The zero-order valence-electron chi connectivity index (χ0n) is 16.7. The maximum Gasteiger partial charge on any atom is 0.255 e. The van der Waals surface area contributed by atoms with Crippen LogP contribution in [0.15, 0.2) is 54.7 Å². The minimum atomic E-state index is -0.200. The number of carbonyl (C=O) groups excluding carboxylic acids is 1. The molecule has 0 radical (unpaired) electrons. The lowest BCUT2D eigenvalue weighted by molar-refractivity contribution is 0.102. The summed E-state index contributed by atoms with van der Waals surface area (Å²) in [7, 11) is 0. The number of fused-ring (bicyclic) bond motifs is 1. The molecule has 4 rings (SSSR count).